The highest BCUT2D eigenvalue weighted by molar-refractivity contribution is 5.82. The first-order valence-electron chi connectivity index (χ1n) is 7.82. The number of rotatable bonds is 8. The molecule has 1 amide bonds. The van der Waals surface area contributed by atoms with Gasteiger partial charge in [-0.25, -0.2) is 0 Å². The van der Waals surface area contributed by atoms with Gasteiger partial charge in [0.25, 0.3) is 0 Å². The van der Waals surface area contributed by atoms with Crippen molar-refractivity contribution in [2.45, 2.75) is 12.3 Å². The second kappa shape index (κ2) is 8.67. The number of aliphatic carboxylic acids is 1. The summed E-state index contributed by atoms with van der Waals surface area (Å²) in [6.07, 6.45) is 1.76. The molecule has 0 unspecified atom stereocenters. The van der Waals surface area contributed by atoms with E-state index < -0.39 is 5.97 Å². The van der Waals surface area contributed by atoms with Gasteiger partial charge in [-0.2, -0.15) is 0 Å². The first kappa shape index (κ1) is 17.5. The third-order valence-electron chi connectivity index (χ3n) is 3.81. The Morgan fingerprint density at radius 1 is 1.00 bits per heavy atom. The van der Waals surface area contributed by atoms with Crippen LogP contribution in [0.25, 0.3) is 0 Å². The number of carbonyl (C=O) groups excluding carboxylic acids is 1. The molecule has 24 heavy (non-hydrogen) atoms. The van der Waals surface area contributed by atoms with Crippen molar-refractivity contribution < 1.29 is 14.7 Å². The fourth-order valence-corrected chi connectivity index (χ4v) is 2.68. The summed E-state index contributed by atoms with van der Waals surface area (Å²) in [7, 11) is 0. The van der Waals surface area contributed by atoms with Crippen molar-refractivity contribution in [2.75, 3.05) is 13.1 Å². The molecule has 0 bridgehead atoms. The smallest absolute Gasteiger partial charge is 0.323 e. The summed E-state index contributed by atoms with van der Waals surface area (Å²) in [5, 5.41) is 9.00. The zero-order valence-electron chi connectivity index (χ0n) is 13.5. The monoisotopic (exact) mass is 323 g/mol. The SMILES string of the molecule is C=CCN(CC(=O)O)C(=O)CC(c1ccccc1)c1ccccc1. The molecule has 0 saturated carbocycles. The summed E-state index contributed by atoms with van der Waals surface area (Å²) in [6, 6.07) is 19.6. The first-order chi connectivity index (χ1) is 11.6. The van der Waals surface area contributed by atoms with Crippen molar-refractivity contribution in [3.63, 3.8) is 0 Å². The minimum absolute atomic E-state index is 0.110. The molecule has 0 radical (unpaired) electrons. The maximum atomic E-state index is 12.6. The van der Waals surface area contributed by atoms with E-state index in [2.05, 4.69) is 6.58 Å². The highest BCUT2D eigenvalue weighted by Gasteiger charge is 2.22. The van der Waals surface area contributed by atoms with Gasteiger partial charge in [0.2, 0.25) is 5.91 Å². The van der Waals surface area contributed by atoms with Gasteiger partial charge in [0.05, 0.1) is 0 Å². The summed E-state index contributed by atoms with van der Waals surface area (Å²) < 4.78 is 0. The molecule has 0 atom stereocenters. The minimum Gasteiger partial charge on any atom is -0.480 e. The first-order valence-corrected chi connectivity index (χ1v) is 7.82. The van der Waals surface area contributed by atoms with Gasteiger partial charge in [-0.05, 0) is 11.1 Å². The van der Waals surface area contributed by atoms with Gasteiger partial charge in [0, 0.05) is 18.9 Å². The molecule has 4 nitrogen and oxygen atoms in total. The normalized spacial score (nSPS) is 10.4. The van der Waals surface area contributed by atoms with E-state index in [1.165, 1.54) is 4.90 Å². The van der Waals surface area contributed by atoms with E-state index >= 15 is 0 Å². The van der Waals surface area contributed by atoms with Crippen molar-refractivity contribution >= 4 is 11.9 Å². The quantitative estimate of drug-likeness (QED) is 0.758. The zero-order chi connectivity index (χ0) is 17.4. The average molecular weight is 323 g/mol. The predicted molar refractivity (Wildman–Crippen MR) is 93.8 cm³/mol. The van der Waals surface area contributed by atoms with Crippen LogP contribution in [0.15, 0.2) is 73.3 Å². The van der Waals surface area contributed by atoms with Crippen LogP contribution in [0.1, 0.15) is 23.5 Å². The summed E-state index contributed by atoms with van der Waals surface area (Å²) in [6.45, 7) is 3.50. The van der Waals surface area contributed by atoms with Crippen LogP contribution in [0.4, 0.5) is 0 Å². The van der Waals surface area contributed by atoms with E-state index in [-0.39, 0.29) is 31.3 Å². The molecule has 0 aromatic heterocycles. The van der Waals surface area contributed by atoms with E-state index in [4.69, 9.17) is 5.11 Å². The van der Waals surface area contributed by atoms with Crippen LogP contribution in [0.3, 0.4) is 0 Å². The van der Waals surface area contributed by atoms with Crippen LogP contribution in [0, 0.1) is 0 Å². The Bertz CT molecular complexity index is 643. The molecule has 2 rings (SSSR count). The standard InChI is InChI=1S/C20H21NO3/c1-2-13-21(15-20(23)24)19(22)14-18(16-9-5-3-6-10-16)17-11-7-4-8-12-17/h2-12,18H,1,13-15H2,(H,23,24). The topological polar surface area (TPSA) is 57.6 Å². The van der Waals surface area contributed by atoms with Crippen molar-refractivity contribution in [1.82, 2.24) is 4.90 Å². The molecule has 124 valence electrons. The molecule has 0 spiro atoms. The second-order valence-electron chi connectivity index (χ2n) is 5.53. The van der Waals surface area contributed by atoms with E-state index in [1.54, 1.807) is 6.08 Å². The van der Waals surface area contributed by atoms with Gasteiger partial charge >= 0.3 is 5.97 Å². The van der Waals surface area contributed by atoms with E-state index in [0.29, 0.717) is 0 Å². The lowest BCUT2D eigenvalue weighted by molar-refractivity contribution is -0.144. The van der Waals surface area contributed by atoms with E-state index in [1.807, 2.05) is 60.7 Å². The van der Waals surface area contributed by atoms with Gasteiger partial charge in [-0.3, -0.25) is 9.59 Å². The molecule has 0 fully saturated rings. The molecule has 4 heteroatoms. The molecule has 2 aromatic rings. The molecule has 0 aliphatic heterocycles. The van der Waals surface area contributed by atoms with Crippen LogP contribution in [-0.2, 0) is 9.59 Å². The van der Waals surface area contributed by atoms with Gasteiger partial charge in [0.1, 0.15) is 6.54 Å². The molecule has 0 heterocycles. The highest BCUT2D eigenvalue weighted by Crippen LogP contribution is 2.28. The fraction of sp³-hybridized carbons (Fsp3) is 0.200. The number of amides is 1. The average Bonchev–Trinajstić information content (AvgIpc) is 2.60. The number of carbonyl (C=O) groups is 2. The van der Waals surface area contributed by atoms with Crippen molar-refractivity contribution in [3.8, 4) is 0 Å². The number of hydrogen-bond donors (Lipinski definition) is 1. The molecule has 0 saturated heterocycles. The Morgan fingerprint density at radius 2 is 1.50 bits per heavy atom. The predicted octanol–water partition coefficient (Wildman–Crippen LogP) is 3.31. The van der Waals surface area contributed by atoms with E-state index in [0.717, 1.165) is 11.1 Å². The number of carboxylic acids is 1. The van der Waals surface area contributed by atoms with Crippen LogP contribution < -0.4 is 0 Å². The molecule has 1 N–H and O–H groups in total. The third-order valence-corrected chi connectivity index (χ3v) is 3.81. The molecular formula is C20H21NO3. The van der Waals surface area contributed by atoms with Gasteiger partial charge in [0.15, 0.2) is 0 Å². The number of carboxylic acid groups (broad SMARTS) is 1. The number of nitrogens with zero attached hydrogens (tertiary/aromatic N) is 1. The Kier molecular flexibility index (Phi) is 6.32. The summed E-state index contributed by atoms with van der Waals surface area (Å²) in [5.41, 5.74) is 2.07. The van der Waals surface area contributed by atoms with Crippen LogP contribution >= 0.6 is 0 Å². The fourth-order valence-electron chi connectivity index (χ4n) is 2.68. The van der Waals surface area contributed by atoms with Crippen molar-refractivity contribution in [2.24, 2.45) is 0 Å². The Balaban J connectivity index is 2.26. The lowest BCUT2D eigenvalue weighted by Crippen LogP contribution is -2.36. The maximum absolute atomic E-state index is 12.6. The Hall–Kier alpha value is -2.88. The molecule has 0 aliphatic rings. The van der Waals surface area contributed by atoms with Crippen LogP contribution in [0.2, 0.25) is 0 Å². The molecule has 2 aromatic carbocycles. The lowest BCUT2D eigenvalue weighted by Gasteiger charge is -2.23. The summed E-state index contributed by atoms with van der Waals surface area (Å²) in [4.78, 5) is 24.9. The molecular weight excluding hydrogens is 302 g/mol. The van der Waals surface area contributed by atoms with Crippen LogP contribution in [0.5, 0.6) is 0 Å². The Morgan fingerprint density at radius 3 is 1.92 bits per heavy atom. The maximum Gasteiger partial charge on any atom is 0.323 e. The van der Waals surface area contributed by atoms with Gasteiger partial charge in [-0.15, -0.1) is 6.58 Å². The molecule has 0 aliphatic carbocycles. The third kappa shape index (κ3) is 4.81. The second-order valence-corrected chi connectivity index (χ2v) is 5.53. The summed E-state index contributed by atoms with van der Waals surface area (Å²) in [5.74, 6) is -1.34. The minimum atomic E-state index is -1.03. The largest absolute Gasteiger partial charge is 0.480 e. The lowest BCUT2D eigenvalue weighted by atomic mass is 9.88. The van der Waals surface area contributed by atoms with Gasteiger partial charge in [-0.1, -0.05) is 66.7 Å². The van der Waals surface area contributed by atoms with Gasteiger partial charge < -0.3 is 10.0 Å². The number of benzene rings is 2. The van der Waals surface area contributed by atoms with Crippen molar-refractivity contribution in [1.29, 1.82) is 0 Å². The van der Waals surface area contributed by atoms with Crippen LogP contribution in [-0.4, -0.2) is 35.0 Å². The highest BCUT2D eigenvalue weighted by atomic mass is 16.4. The van der Waals surface area contributed by atoms with Crippen molar-refractivity contribution in [3.05, 3.63) is 84.4 Å². The van der Waals surface area contributed by atoms with E-state index in [9.17, 15) is 9.59 Å². The zero-order valence-corrected chi connectivity index (χ0v) is 13.5. The number of hydrogen-bond acceptors (Lipinski definition) is 2. The summed E-state index contributed by atoms with van der Waals surface area (Å²) >= 11 is 0. The Labute approximate surface area is 142 Å².